The maximum atomic E-state index is 13.7. The molecule has 0 saturated carbocycles. The molecule has 0 aromatic heterocycles. The van der Waals surface area contributed by atoms with Crippen molar-refractivity contribution in [1.82, 2.24) is 4.90 Å². The third kappa shape index (κ3) is 5.79. The first-order chi connectivity index (χ1) is 19.5. The van der Waals surface area contributed by atoms with Crippen molar-refractivity contribution in [1.29, 1.82) is 5.41 Å². The van der Waals surface area contributed by atoms with Gasteiger partial charge in [-0.1, -0.05) is 44.2 Å². The van der Waals surface area contributed by atoms with E-state index in [9.17, 15) is 35.5 Å². The molecule has 0 saturated heterocycles. The Morgan fingerprint density at radius 2 is 1.60 bits per heavy atom. The fourth-order valence-corrected chi connectivity index (χ4v) is 6.21. The summed E-state index contributed by atoms with van der Waals surface area (Å²) in [4.78, 5) is 25.2. The van der Waals surface area contributed by atoms with E-state index in [1.165, 1.54) is 23.1 Å². The smallest absolute Gasteiger partial charge is 0.300 e. The molecule has 2 aromatic carbocycles. The van der Waals surface area contributed by atoms with Crippen molar-refractivity contribution in [2.75, 3.05) is 13.6 Å². The molecular weight excluding hydrogens is 586 g/mol. The SMILES string of the molecule is CC(C)C(=O)CCCN(C)C(=O)c1ccccc1-c1c2ccc(=N)c(S(=O)(=O)O)c-2oc2c(S(=O)(=O)O)c([NH-])ccc12. The van der Waals surface area contributed by atoms with Crippen molar-refractivity contribution in [2.45, 2.75) is 36.5 Å². The lowest BCUT2D eigenvalue weighted by molar-refractivity contribution is -0.122. The van der Waals surface area contributed by atoms with Crippen LogP contribution in [-0.4, -0.2) is 56.1 Å². The van der Waals surface area contributed by atoms with Crippen LogP contribution in [0.2, 0.25) is 0 Å². The molecule has 1 heterocycles. The second-order valence-electron chi connectivity index (χ2n) is 10.1. The number of hydrogen-bond donors (Lipinski definition) is 3. The zero-order valence-corrected chi connectivity index (χ0v) is 24.5. The van der Waals surface area contributed by atoms with Crippen LogP contribution in [0.15, 0.2) is 62.7 Å². The number of ketones is 1. The van der Waals surface area contributed by atoms with Gasteiger partial charge in [-0.05, 0) is 30.2 Å². The number of carbonyl (C=O) groups excluding carboxylic acids is 2. The highest BCUT2D eigenvalue weighted by Gasteiger charge is 2.31. The first kappa shape index (κ1) is 30.8. The van der Waals surface area contributed by atoms with E-state index in [-0.39, 0.29) is 52.3 Å². The van der Waals surface area contributed by atoms with Crippen molar-refractivity contribution in [2.24, 2.45) is 5.92 Å². The normalized spacial score (nSPS) is 12.2. The number of amides is 1. The number of rotatable bonds is 9. The molecule has 1 amide bonds. The molecule has 4 N–H and O–H groups in total. The molecule has 0 fully saturated rings. The van der Waals surface area contributed by atoms with Crippen molar-refractivity contribution in [3.63, 3.8) is 0 Å². The number of nitrogens with zero attached hydrogens (tertiary/aromatic N) is 1. The van der Waals surface area contributed by atoms with Crippen molar-refractivity contribution >= 4 is 48.6 Å². The molecule has 42 heavy (non-hydrogen) atoms. The van der Waals surface area contributed by atoms with Gasteiger partial charge in [-0.3, -0.25) is 24.1 Å². The van der Waals surface area contributed by atoms with E-state index in [0.29, 0.717) is 6.42 Å². The van der Waals surface area contributed by atoms with Crippen molar-refractivity contribution in [3.05, 3.63) is 65.2 Å². The minimum Gasteiger partial charge on any atom is -0.697 e. The molecule has 14 heteroatoms. The molecule has 0 spiro atoms. The van der Waals surface area contributed by atoms with Gasteiger partial charge in [0.2, 0.25) is 0 Å². The Balaban J connectivity index is 2.04. The number of carbonyl (C=O) groups is 2. The van der Waals surface area contributed by atoms with E-state index in [2.05, 4.69) is 0 Å². The summed E-state index contributed by atoms with van der Waals surface area (Å²) in [5, 5.41) is 7.46. The van der Waals surface area contributed by atoms with Crippen LogP contribution in [-0.2, 0) is 25.0 Å². The zero-order chi connectivity index (χ0) is 31.1. The van der Waals surface area contributed by atoms with Crippen molar-refractivity contribution in [3.8, 4) is 22.5 Å². The predicted octanol–water partition coefficient (Wildman–Crippen LogP) is 4.94. The van der Waals surface area contributed by atoms with Crippen molar-refractivity contribution < 1.29 is 39.9 Å². The molecule has 0 atom stereocenters. The number of Topliss-reactive ketones (excluding diaryl/α,β-unsaturated/α-hetero) is 1. The molecule has 0 radical (unpaired) electrons. The molecule has 0 bridgehead atoms. The Labute approximate surface area is 242 Å². The first-order valence-electron chi connectivity index (χ1n) is 12.7. The number of nitrogens with one attached hydrogen (secondary N) is 2. The Morgan fingerprint density at radius 3 is 2.21 bits per heavy atom. The van der Waals surface area contributed by atoms with Gasteiger partial charge in [0.25, 0.3) is 26.1 Å². The first-order valence-corrected chi connectivity index (χ1v) is 15.6. The summed E-state index contributed by atoms with van der Waals surface area (Å²) in [6, 6.07) is 11.1. The lowest BCUT2D eigenvalue weighted by atomic mass is 9.90. The Kier molecular flexibility index (Phi) is 8.29. The maximum absolute atomic E-state index is 13.7. The zero-order valence-electron chi connectivity index (χ0n) is 22.8. The Bertz CT molecular complexity index is 1980. The molecule has 0 unspecified atom stereocenters. The van der Waals surface area contributed by atoms with Crippen LogP contribution in [0, 0.1) is 11.3 Å². The predicted molar refractivity (Wildman–Crippen MR) is 154 cm³/mol. The molecule has 4 rings (SSSR count). The Hall–Kier alpha value is -4.11. The highest BCUT2D eigenvalue weighted by Crippen LogP contribution is 2.46. The average Bonchev–Trinajstić information content (AvgIpc) is 2.89. The number of hydrogen-bond acceptors (Lipinski definition) is 8. The van der Waals surface area contributed by atoms with Gasteiger partial charge >= 0.3 is 0 Å². The van der Waals surface area contributed by atoms with Crippen LogP contribution in [0.25, 0.3) is 39.2 Å². The molecule has 1 aliphatic heterocycles. The summed E-state index contributed by atoms with van der Waals surface area (Å²) < 4.78 is 75.0. The van der Waals surface area contributed by atoms with Crippen LogP contribution in [0.3, 0.4) is 0 Å². The minimum absolute atomic E-state index is 0.00979. The fraction of sp³-hybridized carbons (Fsp3) is 0.250. The van der Waals surface area contributed by atoms with Gasteiger partial charge in [0.05, 0.1) is 5.36 Å². The van der Waals surface area contributed by atoms with E-state index in [1.54, 1.807) is 39.1 Å². The fourth-order valence-electron chi connectivity index (χ4n) is 4.75. The molecule has 12 nitrogen and oxygen atoms in total. The third-order valence-corrected chi connectivity index (χ3v) is 8.66. The molecular formula is C28H28N3O9S2-. The number of fused-ring (bicyclic) bond motifs is 2. The van der Waals surface area contributed by atoms with E-state index in [4.69, 9.17) is 15.6 Å². The maximum Gasteiger partial charge on any atom is 0.300 e. The second-order valence-corrected chi connectivity index (χ2v) is 12.8. The minimum atomic E-state index is -5.09. The summed E-state index contributed by atoms with van der Waals surface area (Å²) in [7, 11) is -8.63. The van der Waals surface area contributed by atoms with Crippen LogP contribution in [0.4, 0.5) is 5.69 Å². The lowest BCUT2D eigenvalue weighted by Gasteiger charge is -2.23. The van der Waals surface area contributed by atoms with Crippen LogP contribution < -0.4 is 5.36 Å². The van der Waals surface area contributed by atoms with Gasteiger partial charge in [-0.25, -0.2) is 0 Å². The molecule has 1 aliphatic carbocycles. The van der Waals surface area contributed by atoms with Gasteiger partial charge < -0.3 is 15.1 Å². The van der Waals surface area contributed by atoms with Crippen LogP contribution in [0.5, 0.6) is 0 Å². The second kappa shape index (κ2) is 11.3. The largest absolute Gasteiger partial charge is 0.697 e. The molecule has 2 aliphatic rings. The van der Waals surface area contributed by atoms with Crippen LogP contribution in [0.1, 0.15) is 37.0 Å². The standard InChI is InChI=1S/C28H28N3O9S2/c1-15(2)22(32)9-6-14-31(3)28(33)17-8-5-4-7-16(17)23-18-10-12-20(29)26(41(34,35)36)24(18)40-25-19(23)11-13-21(30)27(25)42(37,38)39/h4-5,7-8,10-13,15H,6,9,14H2,1-3H3,(H4-,29,30,34,35,36,37,38,39)/q-1. The van der Waals surface area contributed by atoms with Gasteiger partial charge in [0, 0.05) is 48.0 Å². The quantitative estimate of drug-likeness (QED) is 0.172. The highest BCUT2D eigenvalue weighted by molar-refractivity contribution is 7.86. The lowest BCUT2D eigenvalue weighted by Crippen LogP contribution is -2.28. The Morgan fingerprint density at radius 1 is 0.952 bits per heavy atom. The van der Waals surface area contributed by atoms with Gasteiger partial charge in [-0.15, -0.1) is 5.69 Å². The van der Waals surface area contributed by atoms with E-state index in [1.807, 2.05) is 0 Å². The summed E-state index contributed by atoms with van der Waals surface area (Å²) in [5.74, 6) is -1.13. The van der Waals surface area contributed by atoms with Gasteiger partial charge in [0.1, 0.15) is 10.7 Å². The molecule has 2 aromatic rings. The highest BCUT2D eigenvalue weighted by atomic mass is 32.2. The molecule has 222 valence electrons. The van der Waals surface area contributed by atoms with E-state index in [0.717, 1.165) is 12.1 Å². The summed E-state index contributed by atoms with van der Waals surface area (Å²) in [6.07, 6.45) is 0.708. The van der Waals surface area contributed by atoms with Gasteiger partial charge in [-0.2, -0.15) is 16.8 Å². The summed E-state index contributed by atoms with van der Waals surface area (Å²) in [6.45, 7) is 3.84. The summed E-state index contributed by atoms with van der Waals surface area (Å²) in [5.41, 5.74) is 7.31. The monoisotopic (exact) mass is 614 g/mol. The van der Waals surface area contributed by atoms with Crippen LogP contribution >= 0.6 is 0 Å². The van der Waals surface area contributed by atoms with E-state index < -0.39 is 58.3 Å². The average molecular weight is 615 g/mol. The topological polar surface area (TPSA) is 207 Å². The van der Waals surface area contributed by atoms with Gasteiger partial charge in [0.15, 0.2) is 16.2 Å². The summed E-state index contributed by atoms with van der Waals surface area (Å²) >= 11 is 0. The van der Waals surface area contributed by atoms with E-state index >= 15 is 0 Å². The number of benzene rings is 3. The third-order valence-electron chi connectivity index (χ3n) is 6.82.